The van der Waals surface area contributed by atoms with Gasteiger partial charge in [-0.3, -0.25) is 4.79 Å². The maximum atomic E-state index is 13.0. The van der Waals surface area contributed by atoms with Gasteiger partial charge in [-0.15, -0.1) is 11.3 Å². The second-order valence-electron chi connectivity index (χ2n) is 5.95. The van der Waals surface area contributed by atoms with Crippen LogP contribution in [0.15, 0.2) is 34.7 Å². The standard InChI is InChI=1S/C19H19FN2O2S/c1-11-8-15(13(3)24-11)10-21-19(23)18-12(2)22-17(25-18)9-14-4-6-16(20)7-5-14/h4-8H,9-10H2,1-3H3,(H,21,23). The molecule has 1 amide bonds. The van der Waals surface area contributed by atoms with E-state index in [-0.39, 0.29) is 11.7 Å². The number of carbonyl (C=O) groups is 1. The van der Waals surface area contributed by atoms with Crippen molar-refractivity contribution in [3.05, 3.63) is 74.4 Å². The quantitative estimate of drug-likeness (QED) is 0.739. The average Bonchev–Trinajstić information content (AvgIpc) is 3.09. The van der Waals surface area contributed by atoms with Crippen LogP contribution in [0.4, 0.5) is 4.39 Å². The summed E-state index contributed by atoms with van der Waals surface area (Å²) in [5, 5.41) is 3.75. The highest BCUT2D eigenvalue weighted by Gasteiger charge is 2.16. The predicted molar refractivity (Wildman–Crippen MR) is 95.4 cm³/mol. The SMILES string of the molecule is Cc1cc(CNC(=O)c2sc(Cc3ccc(F)cc3)nc2C)c(C)o1. The molecule has 130 valence electrons. The van der Waals surface area contributed by atoms with Gasteiger partial charge < -0.3 is 9.73 Å². The number of aryl methyl sites for hydroxylation is 3. The molecule has 0 fully saturated rings. The van der Waals surface area contributed by atoms with Crippen molar-refractivity contribution in [1.82, 2.24) is 10.3 Å². The molecular weight excluding hydrogens is 339 g/mol. The van der Waals surface area contributed by atoms with Crippen molar-refractivity contribution < 1.29 is 13.6 Å². The Bertz CT molecular complexity index is 897. The van der Waals surface area contributed by atoms with Gasteiger partial charge in [-0.25, -0.2) is 9.37 Å². The van der Waals surface area contributed by atoms with Crippen molar-refractivity contribution in [3.8, 4) is 0 Å². The first-order valence-electron chi connectivity index (χ1n) is 7.97. The summed E-state index contributed by atoms with van der Waals surface area (Å²) in [6.45, 7) is 6.01. The van der Waals surface area contributed by atoms with E-state index in [0.717, 1.165) is 27.7 Å². The molecule has 2 heterocycles. The van der Waals surface area contributed by atoms with Crippen molar-refractivity contribution in [1.29, 1.82) is 0 Å². The lowest BCUT2D eigenvalue weighted by Crippen LogP contribution is -2.22. The molecule has 3 rings (SSSR count). The second-order valence-corrected chi connectivity index (χ2v) is 7.03. The number of halogens is 1. The number of hydrogen-bond donors (Lipinski definition) is 1. The van der Waals surface area contributed by atoms with Crippen LogP contribution in [-0.4, -0.2) is 10.9 Å². The number of thiazole rings is 1. The van der Waals surface area contributed by atoms with E-state index < -0.39 is 0 Å². The molecule has 0 atom stereocenters. The lowest BCUT2D eigenvalue weighted by atomic mass is 10.1. The summed E-state index contributed by atoms with van der Waals surface area (Å²) in [4.78, 5) is 17.5. The molecule has 0 saturated heterocycles. The minimum atomic E-state index is -0.260. The Morgan fingerprint density at radius 2 is 1.96 bits per heavy atom. The molecule has 25 heavy (non-hydrogen) atoms. The zero-order valence-electron chi connectivity index (χ0n) is 14.4. The maximum absolute atomic E-state index is 13.0. The molecule has 0 bridgehead atoms. The lowest BCUT2D eigenvalue weighted by Gasteiger charge is -2.02. The Morgan fingerprint density at radius 1 is 1.24 bits per heavy atom. The predicted octanol–water partition coefficient (Wildman–Crippen LogP) is 4.32. The van der Waals surface area contributed by atoms with Crippen LogP contribution in [-0.2, 0) is 13.0 Å². The molecule has 0 aliphatic rings. The number of nitrogens with zero attached hydrogens (tertiary/aromatic N) is 1. The van der Waals surface area contributed by atoms with Crippen molar-refractivity contribution in [3.63, 3.8) is 0 Å². The van der Waals surface area contributed by atoms with Crippen LogP contribution in [0.2, 0.25) is 0 Å². The monoisotopic (exact) mass is 358 g/mol. The van der Waals surface area contributed by atoms with Gasteiger partial charge in [-0.2, -0.15) is 0 Å². The molecule has 0 spiro atoms. The van der Waals surface area contributed by atoms with Gasteiger partial charge >= 0.3 is 0 Å². The van der Waals surface area contributed by atoms with Crippen LogP contribution in [0.25, 0.3) is 0 Å². The number of amides is 1. The highest BCUT2D eigenvalue weighted by molar-refractivity contribution is 7.13. The number of aromatic nitrogens is 1. The number of rotatable bonds is 5. The first kappa shape index (κ1) is 17.4. The van der Waals surface area contributed by atoms with Crippen LogP contribution in [0.1, 0.15) is 43.0 Å². The van der Waals surface area contributed by atoms with E-state index in [0.29, 0.717) is 23.5 Å². The first-order chi connectivity index (χ1) is 11.9. The number of benzene rings is 1. The molecule has 1 aromatic carbocycles. The highest BCUT2D eigenvalue weighted by atomic mass is 32.1. The van der Waals surface area contributed by atoms with Gasteiger partial charge in [0.25, 0.3) is 5.91 Å². The second kappa shape index (κ2) is 7.19. The van der Waals surface area contributed by atoms with Gasteiger partial charge in [0.1, 0.15) is 22.2 Å². The van der Waals surface area contributed by atoms with E-state index in [1.165, 1.54) is 23.5 Å². The summed E-state index contributed by atoms with van der Waals surface area (Å²) in [5.41, 5.74) is 2.64. The lowest BCUT2D eigenvalue weighted by molar-refractivity contribution is 0.0954. The van der Waals surface area contributed by atoms with Crippen LogP contribution in [0.3, 0.4) is 0 Å². The molecule has 0 unspecified atom stereocenters. The van der Waals surface area contributed by atoms with E-state index in [1.807, 2.05) is 26.8 Å². The average molecular weight is 358 g/mol. The van der Waals surface area contributed by atoms with E-state index in [2.05, 4.69) is 10.3 Å². The van der Waals surface area contributed by atoms with Crippen molar-refractivity contribution in [2.75, 3.05) is 0 Å². The largest absolute Gasteiger partial charge is 0.466 e. The molecule has 2 aromatic heterocycles. The molecule has 1 N–H and O–H groups in total. The normalized spacial score (nSPS) is 10.9. The molecule has 4 nitrogen and oxygen atoms in total. The number of nitrogens with one attached hydrogen (secondary N) is 1. The Balaban J connectivity index is 1.67. The van der Waals surface area contributed by atoms with Gasteiger partial charge in [0.05, 0.1) is 10.7 Å². The summed E-state index contributed by atoms with van der Waals surface area (Å²) < 4.78 is 18.4. The van der Waals surface area contributed by atoms with E-state index >= 15 is 0 Å². The van der Waals surface area contributed by atoms with Crippen molar-refractivity contribution in [2.24, 2.45) is 0 Å². The fraction of sp³-hybridized carbons (Fsp3) is 0.263. The topological polar surface area (TPSA) is 55.1 Å². The van der Waals surface area contributed by atoms with E-state index in [1.54, 1.807) is 12.1 Å². The van der Waals surface area contributed by atoms with Crippen molar-refractivity contribution >= 4 is 17.2 Å². The van der Waals surface area contributed by atoms with Crippen LogP contribution in [0.5, 0.6) is 0 Å². The molecule has 0 saturated carbocycles. The molecule has 6 heteroatoms. The van der Waals surface area contributed by atoms with Gasteiger partial charge in [0.2, 0.25) is 0 Å². The van der Waals surface area contributed by atoms with Crippen LogP contribution >= 0.6 is 11.3 Å². The smallest absolute Gasteiger partial charge is 0.263 e. The van der Waals surface area contributed by atoms with Gasteiger partial charge in [-0.1, -0.05) is 12.1 Å². The zero-order valence-corrected chi connectivity index (χ0v) is 15.2. The minimum Gasteiger partial charge on any atom is -0.466 e. The summed E-state index contributed by atoms with van der Waals surface area (Å²) in [7, 11) is 0. The Morgan fingerprint density at radius 3 is 2.60 bits per heavy atom. The maximum Gasteiger partial charge on any atom is 0.263 e. The third kappa shape index (κ3) is 4.14. The third-order valence-electron chi connectivity index (χ3n) is 3.90. The molecule has 0 radical (unpaired) electrons. The first-order valence-corrected chi connectivity index (χ1v) is 8.79. The fourth-order valence-electron chi connectivity index (χ4n) is 2.63. The number of carbonyl (C=O) groups excluding carboxylic acids is 1. The zero-order chi connectivity index (χ0) is 18.0. The Hall–Kier alpha value is -2.47. The minimum absolute atomic E-state index is 0.140. The molecule has 0 aliphatic carbocycles. The van der Waals surface area contributed by atoms with Gasteiger partial charge in [-0.05, 0) is 44.5 Å². The van der Waals surface area contributed by atoms with E-state index in [9.17, 15) is 9.18 Å². The van der Waals surface area contributed by atoms with E-state index in [4.69, 9.17) is 4.42 Å². The highest BCUT2D eigenvalue weighted by Crippen LogP contribution is 2.21. The molecular formula is C19H19FN2O2S. The summed E-state index contributed by atoms with van der Waals surface area (Å²) >= 11 is 1.37. The number of furan rings is 1. The molecule has 0 aliphatic heterocycles. The summed E-state index contributed by atoms with van der Waals surface area (Å²) in [6, 6.07) is 8.25. The summed E-state index contributed by atoms with van der Waals surface area (Å²) in [5.74, 6) is 1.25. The fourth-order valence-corrected chi connectivity index (χ4v) is 3.65. The Labute approximate surface area is 149 Å². The van der Waals surface area contributed by atoms with Gasteiger partial charge in [0, 0.05) is 18.5 Å². The number of hydrogen-bond acceptors (Lipinski definition) is 4. The molecule has 3 aromatic rings. The third-order valence-corrected chi connectivity index (χ3v) is 5.06. The van der Waals surface area contributed by atoms with Crippen molar-refractivity contribution in [2.45, 2.75) is 33.7 Å². The summed E-state index contributed by atoms with van der Waals surface area (Å²) in [6.07, 6.45) is 0.582. The Kier molecular flexibility index (Phi) is 4.99. The van der Waals surface area contributed by atoms with Crippen LogP contribution in [0, 0.1) is 26.6 Å². The van der Waals surface area contributed by atoms with Crippen LogP contribution < -0.4 is 5.32 Å². The van der Waals surface area contributed by atoms with Gasteiger partial charge in [0.15, 0.2) is 0 Å².